The molecule has 8 heavy (non-hydrogen) atoms. The largest absolute Gasteiger partial charge is 0.367 e. The fraction of sp³-hybridized carbons (Fsp3) is 0.667. The molecule has 0 atom stereocenters. The lowest BCUT2D eigenvalue weighted by molar-refractivity contribution is 0.458. The van der Waals surface area contributed by atoms with Gasteiger partial charge in [0.1, 0.15) is 0 Å². The molecule has 5 nitrogen and oxygen atoms in total. The molecule has 0 radical (unpaired) electrons. The minimum atomic E-state index is 0.146. The zero-order valence-electron chi connectivity index (χ0n) is 4.83. The van der Waals surface area contributed by atoms with Crippen molar-refractivity contribution in [3.63, 3.8) is 0 Å². The van der Waals surface area contributed by atoms with Gasteiger partial charge in [0.15, 0.2) is 0 Å². The van der Waals surface area contributed by atoms with Crippen LogP contribution in [-0.4, -0.2) is 17.5 Å². The standard InChI is InChI=1S/C3H11N5/c1-2-8(6)3(4)7-5/h2,5-6H2,1H3,(H2,4,7). The average molecular weight is 117 g/mol. The maximum atomic E-state index is 5.22. The van der Waals surface area contributed by atoms with Crippen molar-refractivity contribution in [3.8, 4) is 0 Å². The van der Waals surface area contributed by atoms with Gasteiger partial charge in [-0.05, 0) is 6.92 Å². The Balaban J connectivity index is 3.63. The normalized spacial score (nSPS) is 11.5. The monoisotopic (exact) mass is 117 g/mol. The van der Waals surface area contributed by atoms with Crippen molar-refractivity contribution >= 4 is 5.96 Å². The molecule has 0 aromatic rings. The summed E-state index contributed by atoms with van der Waals surface area (Å²) in [6.45, 7) is 2.45. The van der Waals surface area contributed by atoms with E-state index in [1.54, 1.807) is 0 Å². The van der Waals surface area contributed by atoms with Crippen LogP contribution in [-0.2, 0) is 0 Å². The van der Waals surface area contributed by atoms with Crippen molar-refractivity contribution in [3.05, 3.63) is 0 Å². The number of hydrazone groups is 1. The molecular weight excluding hydrogens is 106 g/mol. The first-order chi connectivity index (χ1) is 3.72. The maximum Gasteiger partial charge on any atom is 0.227 e. The third-order valence-corrected chi connectivity index (χ3v) is 0.767. The number of nitrogens with zero attached hydrogens (tertiary/aromatic N) is 2. The van der Waals surface area contributed by atoms with E-state index in [1.807, 2.05) is 6.92 Å². The highest BCUT2D eigenvalue weighted by molar-refractivity contribution is 5.76. The number of guanidine groups is 1. The topological polar surface area (TPSA) is 93.7 Å². The van der Waals surface area contributed by atoms with Crippen LogP contribution in [0.3, 0.4) is 0 Å². The van der Waals surface area contributed by atoms with Crippen molar-refractivity contribution in [1.82, 2.24) is 5.01 Å². The van der Waals surface area contributed by atoms with Crippen molar-refractivity contribution in [2.75, 3.05) is 6.54 Å². The summed E-state index contributed by atoms with van der Waals surface area (Å²) < 4.78 is 0. The van der Waals surface area contributed by atoms with Gasteiger partial charge < -0.3 is 11.6 Å². The molecule has 0 spiro atoms. The van der Waals surface area contributed by atoms with Crippen molar-refractivity contribution in [2.45, 2.75) is 6.92 Å². The van der Waals surface area contributed by atoms with Crippen LogP contribution in [0.25, 0.3) is 0 Å². The fourth-order valence-electron chi connectivity index (χ4n) is 0.236. The fourth-order valence-corrected chi connectivity index (χ4v) is 0.236. The van der Waals surface area contributed by atoms with E-state index < -0.39 is 0 Å². The minimum Gasteiger partial charge on any atom is -0.367 e. The summed E-state index contributed by atoms with van der Waals surface area (Å²) in [5.74, 6) is 10.2. The highest BCUT2D eigenvalue weighted by atomic mass is 15.5. The molecule has 0 aliphatic heterocycles. The Morgan fingerprint density at radius 2 is 2.25 bits per heavy atom. The van der Waals surface area contributed by atoms with E-state index in [0.29, 0.717) is 6.54 Å². The second kappa shape index (κ2) is 3.09. The summed E-state index contributed by atoms with van der Waals surface area (Å²) in [5, 5.41) is 4.40. The van der Waals surface area contributed by atoms with Crippen LogP contribution in [0.5, 0.6) is 0 Å². The molecule has 0 unspecified atom stereocenters. The van der Waals surface area contributed by atoms with Gasteiger partial charge in [-0.1, -0.05) is 0 Å². The Labute approximate surface area is 48.1 Å². The summed E-state index contributed by atoms with van der Waals surface area (Å²) in [5.41, 5.74) is 5.15. The Bertz CT molecular complexity index is 87.7. The van der Waals surface area contributed by atoms with E-state index in [4.69, 9.17) is 17.4 Å². The molecule has 0 bridgehead atoms. The molecule has 0 aliphatic carbocycles. The molecule has 0 rings (SSSR count). The second-order valence-electron chi connectivity index (χ2n) is 1.27. The lowest BCUT2D eigenvalue weighted by Gasteiger charge is -2.12. The minimum absolute atomic E-state index is 0.146. The first-order valence-electron chi connectivity index (χ1n) is 2.28. The summed E-state index contributed by atoms with van der Waals surface area (Å²) in [4.78, 5) is 0. The van der Waals surface area contributed by atoms with E-state index in [2.05, 4.69) is 5.10 Å². The van der Waals surface area contributed by atoms with Crippen molar-refractivity contribution in [2.24, 2.45) is 22.5 Å². The molecule has 0 fully saturated rings. The van der Waals surface area contributed by atoms with Crippen molar-refractivity contribution in [1.29, 1.82) is 0 Å². The van der Waals surface area contributed by atoms with Gasteiger partial charge in [-0.25, -0.2) is 5.84 Å². The highest BCUT2D eigenvalue weighted by Gasteiger charge is 1.94. The SMILES string of the molecule is CCN(N)C(N)=NN. The van der Waals surface area contributed by atoms with E-state index in [1.165, 1.54) is 5.01 Å². The molecule has 0 aromatic carbocycles. The number of rotatable bonds is 1. The van der Waals surface area contributed by atoms with E-state index in [9.17, 15) is 0 Å². The number of hydrogen-bond donors (Lipinski definition) is 3. The number of hydrazine groups is 1. The van der Waals surface area contributed by atoms with Gasteiger partial charge in [0.25, 0.3) is 0 Å². The van der Waals surface area contributed by atoms with Crippen LogP contribution in [0.4, 0.5) is 0 Å². The van der Waals surface area contributed by atoms with Crippen LogP contribution < -0.4 is 17.4 Å². The van der Waals surface area contributed by atoms with Gasteiger partial charge in [-0.2, -0.15) is 0 Å². The first kappa shape index (κ1) is 7.03. The van der Waals surface area contributed by atoms with Gasteiger partial charge in [0.2, 0.25) is 5.96 Å². The van der Waals surface area contributed by atoms with Crippen LogP contribution in [0.1, 0.15) is 6.92 Å². The Morgan fingerprint density at radius 3 is 2.38 bits per heavy atom. The summed E-state index contributed by atoms with van der Waals surface area (Å²) in [6, 6.07) is 0. The molecule has 0 amide bonds. The molecule has 5 heteroatoms. The van der Waals surface area contributed by atoms with Crippen LogP contribution in [0.15, 0.2) is 5.10 Å². The lowest BCUT2D eigenvalue weighted by atomic mass is 10.7. The average Bonchev–Trinajstić information content (AvgIpc) is 1.84. The molecule has 6 N–H and O–H groups in total. The maximum absolute atomic E-state index is 5.22. The van der Waals surface area contributed by atoms with Crippen molar-refractivity contribution < 1.29 is 0 Å². The quantitative estimate of drug-likeness (QED) is 0.166. The van der Waals surface area contributed by atoms with Gasteiger partial charge in [0.05, 0.1) is 0 Å². The Morgan fingerprint density at radius 1 is 1.75 bits per heavy atom. The molecular formula is C3H11N5. The van der Waals surface area contributed by atoms with Gasteiger partial charge >= 0.3 is 0 Å². The third-order valence-electron chi connectivity index (χ3n) is 0.767. The van der Waals surface area contributed by atoms with E-state index in [-0.39, 0.29) is 5.96 Å². The smallest absolute Gasteiger partial charge is 0.227 e. The van der Waals surface area contributed by atoms with Gasteiger partial charge in [0, 0.05) is 6.54 Å². The predicted octanol–water partition coefficient (Wildman–Crippen LogP) is -1.63. The summed E-state index contributed by atoms with van der Waals surface area (Å²) >= 11 is 0. The van der Waals surface area contributed by atoms with E-state index >= 15 is 0 Å². The predicted molar refractivity (Wildman–Crippen MR) is 32.4 cm³/mol. The van der Waals surface area contributed by atoms with Crippen LogP contribution >= 0.6 is 0 Å². The zero-order chi connectivity index (χ0) is 6.57. The Hall–Kier alpha value is -0.970. The van der Waals surface area contributed by atoms with Crippen LogP contribution in [0, 0.1) is 0 Å². The first-order valence-corrected chi connectivity index (χ1v) is 2.28. The second-order valence-corrected chi connectivity index (χ2v) is 1.27. The molecule has 0 aliphatic rings. The summed E-state index contributed by atoms with van der Waals surface area (Å²) in [6.07, 6.45) is 0. The Kier molecular flexibility index (Phi) is 2.71. The number of nitrogens with two attached hydrogens (primary N) is 3. The number of hydrogen-bond acceptors (Lipinski definition) is 3. The van der Waals surface area contributed by atoms with Gasteiger partial charge in [-0.3, -0.25) is 5.01 Å². The molecule has 48 valence electrons. The van der Waals surface area contributed by atoms with Gasteiger partial charge in [-0.15, -0.1) is 5.10 Å². The molecule has 0 heterocycles. The third kappa shape index (κ3) is 1.65. The zero-order valence-corrected chi connectivity index (χ0v) is 4.83. The molecule has 0 saturated heterocycles. The molecule has 0 aromatic heterocycles. The van der Waals surface area contributed by atoms with E-state index in [0.717, 1.165) is 0 Å². The summed E-state index contributed by atoms with van der Waals surface area (Å²) in [7, 11) is 0. The molecule has 0 saturated carbocycles. The lowest BCUT2D eigenvalue weighted by Crippen LogP contribution is -2.43. The highest BCUT2D eigenvalue weighted by Crippen LogP contribution is 1.70. The van der Waals surface area contributed by atoms with Crippen LogP contribution in [0.2, 0.25) is 0 Å².